The number of ether oxygens (including phenoxy) is 5. The van der Waals surface area contributed by atoms with Crippen LogP contribution in [-0.2, 0) is 44.7 Å². The highest BCUT2D eigenvalue weighted by Crippen LogP contribution is 2.26. The van der Waals surface area contributed by atoms with Gasteiger partial charge in [0, 0.05) is 20.8 Å². The molecule has 0 saturated carbocycles. The molecule has 0 spiro atoms. The maximum absolute atomic E-state index is 12.3. The molecular formula is C20H25NO10. The van der Waals surface area contributed by atoms with Crippen LogP contribution in [-0.4, -0.2) is 66.4 Å². The monoisotopic (exact) mass is 439 g/mol. The summed E-state index contributed by atoms with van der Waals surface area (Å²) in [5.41, 5.74) is 0.730. The SMILES string of the molecule is CC(=O)OC[C@H]1O[C@@H](O)[C@H](NC(=O)OCc2ccccc2)[C@H](OC(C)=O)[C@@H]1OC(C)=O. The van der Waals surface area contributed by atoms with Crippen LogP contribution < -0.4 is 5.32 Å². The van der Waals surface area contributed by atoms with Crippen molar-refractivity contribution >= 4 is 24.0 Å². The van der Waals surface area contributed by atoms with Crippen molar-refractivity contribution in [3.8, 4) is 0 Å². The number of hydrogen-bond donors (Lipinski definition) is 2. The van der Waals surface area contributed by atoms with E-state index in [2.05, 4.69) is 5.32 Å². The molecule has 1 saturated heterocycles. The minimum absolute atomic E-state index is 0.0446. The van der Waals surface area contributed by atoms with Gasteiger partial charge in [-0.3, -0.25) is 14.4 Å². The molecule has 1 fully saturated rings. The highest BCUT2D eigenvalue weighted by molar-refractivity contribution is 5.69. The molecule has 31 heavy (non-hydrogen) atoms. The minimum Gasteiger partial charge on any atom is -0.463 e. The van der Waals surface area contributed by atoms with Crippen molar-refractivity contribution < 1.29 is 48.0 Å². The van der Waals surface area contributed by atoms with Gasteiger partial charge in [0.25, 0.3) is 0 Å². The van der Waals surface area contributed by atoms with Crippen molar-refractivity contribution in [2.45, 2.75) is 58.0 Å². The first-order valence-corrected chi connectivity index (χ1v) is 9.46. The summed E-state index contributed by atoms with van der Waals surface area (Å²) in [4.78, 5) is 46.7. The van der Waals surface area contributed by atoms with Crippen LogP contribution in [0, 0.1) is 0 Å². The third-order valence-electron chi connectivity index (χ3n) is 4.22. The minimum atomic E-state index is -1.68. The van der Waals surface area contributed by atoms with E-state index in [-0.39, 0.29) is 13.2 Å². The van der Waals surface area contributed by atoms with Crippen LogP contribution in [0.4, 0.5) is 4.79 Å². The largest absolute Gasteiger partial charge is 0.463 e. The predicted octanol–water partition coefficient (Wildman–Crippen LogP) is 0.425. The van der Waals surface area contributed by atoms with Crippen molar-refractivity contribution in [3.63, 3.8) is 0 Å². The maximum atomic E-state index is 12.3. The zero-order chi connectivity index (χ0) is 23.0. The fourth-order valence-corrected chi connectivity index (χ4v) is 2.97. The summed E-state index contributed by atoms with van der Waals surface area (Å²) in [5, 5.41) is 12.8. The zero-order valence-corrected chi connectivity index (χ0v) is 17.3. The molecule has 1 aliphatic rings. The van der Waals surface area contributed by atoms with Gasteiger partial charge in [-0.05, 0) is 5.56 Å². The van der Waals surface area contributed by atoms with E-state index in [1.165, 1.54) is 0 Å². The predicted molar refractivity (Wildman–Crippen MR) is 102 cm³/mol. The average molecular weight is 439 g/mol. The summed E-state index contributed by atoms with van der Waals surface area (Å²) in [6, 6.07) is 7.54. The van der Waals surface area contributed by atoms with Crippen molar-refractivity contribution in [1.82, 2.24) is 5.32 Å². The van der Waals surface area contributed by atoms with E-state index < -0.39 is 54.6 Å². The number of amides is 1. The van der Waals surface area contributed by atoms with E-state index in [9.17, 15) is 24.3 Å². The highest BCUT2D eigenvalue weighted by atomic mass is 16.7. The van der Waals surface area contributed by atoms with Gasteiger partial charge in [0.05, 0.1) is 0 Å². The Morgan fingerprint density at radius 3 is 2.13 bits per heavy atom. The van der Waals surface area contributed by atoms with Crippen molar-refractivity contribution in [2.24, 2.45) is 0 Å². The Labute approximate surface area is 178 Å². The molecule has 0 aliphatic carbocycles. The van der Waals surface area contributed by atoms with Crippen LogP contribution in [0.15, 0.2) is 30.3 Å². The van der Waals surface area contributed by atoms with Crippen molar-refractivity contribution in [3.05, 3.63) is 35.9 Å². The van der Waals surface area contributed by atoms with Crippen LogP contribution in [0.2, 0.25) is 0 Å². The molecule has 1 heterocycles. The molecule has 170 valence electrons. The van der Waals surface area contributed by atoms with Crippen LogP contribution in [0.25, 0.3) is 0 Å². The molecule has 11 nitrogen and oxygen atoms in total. The first-order valence-electron chi connectivity index (χ1n) is 9.46. The Bertz CT molecular complexity index is 783. The van der Waals surface area contributed by atoms with E-state index >= 15 is 0 Å². The Hall–Kier alpha value is -3.18. The summed E-state index contributed by atoms with van der Waals surface area (Å²) < 4.78 is 25.8. The van der Waals surface area contributed by atoms with Gasteiger partial charge in [-0.2, -0.15) is 0 Å². The number of benzene rings is 1. The van der Waals surface area contributed by atoms with Gasteiger partial charge in [-0.1, -0.05) is 30.3 Å². The summed E-state index contributed by atoms with van der Waals surface area (Å²) >= 11 is 0. The molecule has 1 amide bonds. The standard InChI is InChI=1S/C20H25NO10/c1-11(22)27-10-15-17(29-12(2)23)18(30-13(3)24)16(19(25)31-15)21-20(26)28-9-14-7-5-4-6-8-14/h4-8,15-19,25H,9-10H2,1-3H3,(H,21,26)/t15-,16-,17-,18+,19-/m1/s1. The van der Waals surface area contributed by atoms with Crippen molar-refractivity contribution in [2.75, 3.05) is 6.61 Å². The molecule has 0 unspecified atom stereocenters. The lowest BCUT2D eigenvalue weighted by Gasteiger charge is -2.43. The smallest absolute Gasteiger partial charge is 0.407 e. The first kappa shape index (κ1) is 24.1. The van der Waals surface area contributed by atoms with Gasteiger partial charge in [0.2, 0.25) is 0 Å². The number of alkyl carbamates (subject to hydrolysis) is 1. The number of nitrogens with one attached hydrogen (secondary N) is 1. The van der Waals surface area contributed by atoms with Crippen LogP contribution in [0.1, 0.15) is 26.3 Å². The molecule has 1 aliphatic heterocycles. The number of aliphatic hydroxyl groups excluding tert-OH is 1. The van der Waals surface area contributed by atoms with E-state index in [1.54, 1.807) is 24.3 Å². The van der Waals surface area contributed by atoms with Gasteiger partial charge >= 0.3 is 24.0 Å². The second kappa shape index (κ2) is 11.3. The maximum Gasteiger partial charge on any atom is 0.407 e. The van der Waals surface area contributed by atoms with Gasteiger partial charge < -0.3 is 34.1 Å². The lowest BCUT2D eigenvalue weighted by atomic mass is 9.96. The van der Waals surface area contributed by atoms with Crippen LogP contribution in [0.3, 0.4) is 0 Å². The third-order valence-corrected chi connectivity index (χ3v) is 4.22. The van der Waals surface area contributed by atoms with E-state index in [4.69, 9.17) is 23.7 Å². The van der Waals surface area contributed by atoms with E-state index in [0.29, 0.717) is 0 Å². The van der Waals surface area contributed by atoms with Crippen molar-refractivity contribution in [1.29, 1.82) is 0 Å². The summed E-state index contributed by atoms with van der Waals surface area (Å²) in [7, 11) is 0. The number of rotatable bonds is 7. The Morgan fingerprint density at radius 1 is 0.935 bits per heavy atom. The summed E-state index contributed by atoms with van der Waals surface area (Å²) in [6.45, 7) is 2.97. The molecular weight excluding hydrogens is 414 g/mol. The van der Waals surface area contributed by atoms with Gasteiger partial charge in [-0.25, -0.2) is 4.79 Å². The number of carbonyl (C=O) groups is 4. The fraction of sp³-hybridized carbons (Fsp3) is 0.500. The molecule has 0 aromatic heterocycles. The lowest BCUT2D eigenvalue weighted by Crippen LogP contribution is -2.66. The average Bonchev–Trinajstić information content (AvgIpc) is 2.70. The lowest BCUT2D eigenvalue weighted by molar-refractivity contribution is -0.264. The Balaban J connectivity index is 2.16. The van der Waals surface area contributed by atoms with Crippen LogP contribution in [0.5, 0.6) is 0 Å². The molecule has 1 aromatic rings. The van der Waals surface area contributed by atoms with Gasteiger partial charge in [-0.15, -0.1) is 0 Å². The number of aliphatic hydroxyl groups is 1. The molecule has 2 N–H and O–H groups in total. The summed E-state index contributed by atoms with van der Waals surface area (Å²) in [5.74, 6) is -2.12. The number of carbonyl (C=O) groups excluding carboxylic acids is 4. The first-order chi connectivity index (χ1) is 14.7. The Kier molecular flexibility index (Phi) is 8.76. The second-order valence-corrected chi connectivity index (χ2v) is 6.75. The van der Waals surface area contributed by atoms with Gasteiger partial charge in [0.15, 0.2) is 18.5 Å². The van der Waals surface area contributed by atoms with E-state index in [0.717, 1.165) is 26.3 Å². The normalized spacial score (nSPS) is 25.1. The Morgan fingerprint density at radius 2 is 1.55 bits per heavy atom. The molecule has 5 atom stereocenters. The fourth-order valence-electron chi connectivity index (χ4n) is 2.97. The zero-order valence-electron chi connectivity index (χ0n) is 17.3. The quantitative estimate of drug-likeness (QED) is 0.453. The molecule has 1 aromatic carbocycles. The number of esters is 3. The second-order valence-electron chi connectivity index (χ2n) is 6.75. The van der Waals surface area contributed by atoms with Crippen LogP contribution >= 0.6 is 0 Å². The highest BCUT2D eigenvalue weighted by Gasteiger charge is 2.50. The summed E-state index contributed by atoms with van der Waals surface area (Å²) in [6.07, 6.45) is -6.36. The molecule has 0 radical (unpaired) electrons. The third kappa shape index (κ3) is 7.54. The van der Waals surface area contributed by atoms with Gasteiger partial charge in [0.1, 0.15) is 25.4 Å². The number of hydrogen-bond acceptors (Lipinski definition) is 10. The molecule has 0 bridgehead atoms. The topological polar surface area (TPSA) is 147 Å². The molecule has 11 heteroatoms. The van der Waals surface area contributed by atoms with E-state index in [1.807, 2.05) is 6.07 Å². The molecule has 2 rings (SSSR count).